The number of ether oxygens (including phenoxy) is 1. The first kappa shape index (κ1) is 22.3. The summed E-state index contributed by atoms with van der Waals surface area (Å²) in [5.74, 6) is -0.193. The molecule has 1 aromatic heterocycles. The number of aliphatic carboxylic acids is 1. The molecule has 0 saturated heterocycles. The van der Waals surface area contributed by atoms with Gasteiger partial charge in [-0.2, -0.15) is 12.7 Å². The maximum atomic E-state index is 12.4. The zero-order valence-corrected chi connectivity index (χ0v) is 17.9. The number of benzene rings is 2. The van der Waals surface area contributed by atoms with Crippen molar-refractivity contribution in [1.29, 1.82) is 0 Å². The van der Waals surface area contributed by atoms with Crippen LogP contribution in [0.4, 0.5) is 5.69 Å². The molecule has 1 heterocycles. The average molecular weight is 445 g/mol. The Morgan fingerprint density at radius 2 is 1.77 bits per heavy atom. The van der Waals surface area contributed by atoms with Gasteiger partial charge in [-0.15, -0.1) is 0 Å². The van der Waals surface area contributed by atoms with Crippen LogP contribution in [-0.2, 0) is 21.4 Å². The normalized spacial score (nSPS) is 11.5. The molecule has 0 unspecified atom stereocenters. The minimum absolute atomic E-state index is 0.229. The number of hydrogen-bond donors (Lipinski definition) is 1. The smallest absolute Gasteiger partial charge is 0.324 e. The van der Waals surface area contributed by atoms with Crippen LogP contribution in [0, 0.1) is 0 Å². The molecule has 31 heavy (non-hydrogen) atoms. The summed E-state index contributed by atoms with van der Waals surface area (Å²) in [6, 6.07) is 15.8. The van der Waals surface area contributed by atoms with Crippen molar-refractivity contribution in [2.75, 3.05) is 31.6 Å². The second kappa shape index (κ2) is 9.63. The zero-order chi connectivity index (χ0) is 22.4. The highest BCUT2D eigenvalue weighted by molar-refractivity contribution is 7.90. The fourth-order valence-corrected chi connectivity index (χ4v) is 3.80. The largest absolute Gasteiger partial charge is 0.493 e. The lowest BCUT2D eigenvalue weighted by Gasteiger charge is -2.26. The van der Waals surface area contributed by atoms with Crippen LogP contribution in [-0.4, -0.2) is 56.0 Å². The van der Waals surface area contributed by atoms with Gasteiger partial charge >= 0.3 is 16.2 Å². The lowest BCUT2D eigenvalue weighted by atomic mass is 10.2. The molecule has 0 aliphatic heterocycles. The summed E-state index contributed by atoms with van der Waals surface area (Å²) in [5.41, 5.74) is 1.87. The molecular weight excluding hydrogens is 422 g/mol. The number of oxazole rings is 1. The van der Waals surface area contributed by atoms with Crippen molar-refractivity contribution < 1.29 is 27.5 Å². The lowest BCUT2D eigenvalue weighted by Crippen LogP contribution is -2.42. The molecule has 0 saturated carbocycles. The predicted molar refractivity (Wildman–Crippen MR) is 115 cm³/mol. The van der Waals surface area contributed by atoms with Crippen LogP contribution < -0.4 is 9.04 Å². The van der Waals surface area contributed by atoms with Gasteiger partial charge in [-0.25, -0.2) is 9.29 Å². The lowest BCUT2D eigenvalue weighted by molar-refractivity contribution is -0.135. The third-order valence-electron chi connectivity index (χ3n) is 4.34. The first-order chi connectivity index (χ1) is 14.8. The summed E-state index contributed by atoms with van der Waals surface area (Å²) < 4.78 is 37.8. The molecule has 164 valence electrons. The summed E-state index contributed by atoms with van der Waals surface area (Å²) in [4.78, 5) is 15.6. The minimum Gasteiger partial charge on any atom is -0.493 e. The Bertz CT molecular complexity index is 1110. The average Bonchev–Trinajstić information content (AvgIpc) is 3.22. The number of anilines is 1. The summed E-state index contributed by atoms with van der Waals surface area (Å²) in [6.07, 6.45) is 2.11. The highest BCUT2D eigenvalue weighted by atomic mass is 32.2. The number of carboxylic acid groups (broad SMARTS) is 1. The highest BCUT2D eigenvalue weighted by Gasteiger charge is 2.27. The predicted octanol–water partition coefficient (Wildman–Crippen LogP) is 2.66. The molecule has 3 rings (SSSR count). The number of rotatable bonds is 10. The van der Waals surface area contributed by atoms with Crippen molar-refractivity contribution in [1.82, 2.24) is 9.29 Å². The van der Waals surface area contributed by atoms with Gasteiger partial charge < -0.3 is 14.3 Å². The molecular formula is C21H23N3O6S. The molecule has 0 aliphatic rings. The number of carbonyl (C=O) groups is 1. The molecule has 1 N–H and O–H groups in total. The first-order valence-corrected chi connectivity index (χ1v) is 10.8. The zero-order valence-electron chi connectivity index (χ0n) is 17.1. The second-order valence-electron chi connectivity index (χ2n) is 6.79. The Hall–Kier alpha value is -3.37. The standard InChI is InChI=1S/C21H23N3O6S/c1-23(2)31(27,28)24(14-20(25)26)18-8-10-19(11-9-18)29-13-12-17-15-30-21(22-17)16-6-4-3-5-7-16/h3-11,15H,12-14H2,1-2H3,(H,25,26). The summed E-state index contributed by atoms with van der Waals surface area (Å²) in [7, 11) is -1.26. The topological polar surface area (TPSA) is 113 Å². The van der Waals surface area contributed by atoms with Crippen LogP contribution in [0.25, 0.3) is 11.5 Å². The molecule has 0 amide bonds. The van der Waals surface area contributed by atoms with E-state index < -0.39 is 22.7 Å². The summed E-state index contributed by atoms with van der Waals surface area (Å²) in [5, 5.41) is 9.08. The minimum atomic E-state index is -3.95. The van der Waals surface area contributed by atoms with E-state index >= 15 is 0 Å². The fourth-order valence-electron chi connectivity index (χ4n) is 2.74. The van der Waals surface area contributed by atoms with Gasteiger partial charge in [0.25, 0.3) is 0 Å². The summed E-state index contributed by atoms with van der Waals surface area (Å²) >= 11 is 0. The Morgan fingerprint density at radius 3 is 2.39 bits per heavy atom. The molecule has 9 nitrogen and oxygen atoms in total. The Labute approximate surface area is 180 Å². The van der Waals surface area contributed by atoms with Crippen molar-refractivity contribution in [3.63, 3.8) is 0 Å². The van der Waals surface area contributed by atoms with Gasteiger partial charge in [0.1, 0.15) is 18.6 Å². The van der Waals surface area contributed by atoms with Gasteiger partial charge in [-0.1, -0.05) is 18.2 Å². The molecule has 0 atom stereocenters. The second-order valence-corrected chi connectivity index (χ2v) is 8.86. The molecule has 0 aliphatic carbocycles. The first-order valence-electron chi connectivity index (χ1n) is 9.42. The van der Waals surface area contributed by atoms with Crippen LogP contribution in [0.3, 0.4) is 0 Å². The van der Waals surface area contributed by atoms with Crippen molar-refractivity contribution in [3.05, 3.63) is 66.6 Å². The molecule has 0 spiro atoms. The Kier molecular flexibility index (Phi) is 6.93. The number of aromatic nitrogens is 1. The van der Waals surface area contributed by atoms with Gasteiger partial charge in [-0.05, 0) is 36.4 Å². The van der Waals surface area contributed by atoms with E-state index in [4.69, 9.17) is 14.3 Å². The fraction of sp³-hybridized carbons (Fsp3) is 0.238. The van der Waals surface area contributed by atoms with E-state index in [1.165, 1.54) is 26.2 Å². The van der Waals surface area contributed by atoms with Crippen molar-refractivity contribution in [2.24, 2.45) is 0 Å². The van der Waals surface area contributed by atoms with Crippen LogP contribution in [0.15, 0.2) is 65.3 Å². The molecule has 3 aromatic rings. The Morgan fingerprint density at radius 1 is 1.10 bits per heavy atom. The highest BCUT2D eigenvalue weighted by Crippen LogP contribution is 2.23. The molecule has 0 bridgehead atoms. The third-order valence-corrected chi connectivity index (χ3v) is 6.16. The van der Waals surface area contributed by atoms with Crippen molar-refractivity contribution in [3.8, 4) is 17.2 Å². The quantitative estimate of drug-likeness (QED) is 0.510. The van der Waals surface area contributed by atoms with Crippen LogP contribution >= 0.6 is 0 Å². The third kappa shape index (κ3) is 5.62. The maximum absolute atomic E-state index is 12.4. The number of hydrogen-bond acceptors (Lipinski definition) is 6. The van der Waals surface area contributed by atoms with E-state index in [0.29, 0.717) is 24.7 Å². The van der Waals surface area contributed by atoms with E-state index in [9.17, 15) is 13.2 Å². The van der Waals surface area contributed by atoms with Crippen LogP contribution in [0.5, 0.6) is 5.75 Å². The van der Waals surface area contributed by atoms with Gasteiger partial charge in [-0.3, -0.25) is 4.79 Å². The Balaban J connectivity index is 1.61. The van der Waals surface area contributed by atoms with Crippen molar-refractivity contribution in [2.45, 2.75) is 6.42 Å². The van der Waals surface area contributed by atoms with Gasteiger partial charge in [0.15, 0.2) is 0 Å². The molecule has 2 aromatic carbocycles. The summed E-state index contributed by atoms with van der Waals surface area (Å²) in [6.45, 7) is -0.342. The number of carboxylic acids is 1. The number of nitrogens with zero attached hydrogens (tertiary/aromatic N) is 3. The SMILES string of the molecule is CN(C)S(=O)(=O)N(CC(=O)O)c1ccc(OCCc2coc(-c3ccccc3)n2)cc1. The van der Waals surface area contributed by atoms with E-state index in [0.717, 1.165) is 19.9 Å². The van der Waals surface area contributed by atoms with E-state index in [1.807, 2.05) is 30.3 Å². The monoisotopic (exact) mass is 445 g/mol. The molecule has 10 heteroatoms. The van der Waals surface area contributed by atoms with Crippen LogP contribution in [0.1, 0.15) is 5.69 Å². The molecule has 0 radical (unpaired) electrons. The van der Waals surface area contributed by atoms with Gasteiger partial charge in [0, 0.05) is 26.1 Å². The van der Waals surface area contributed by atoms with Gasteiger partial charge in [0.05, 0.1) is 18.0 Å². The van der Waals surface area contributed by atoms with E-state index in [1.54, 1.807) is 18.4 Å². The molecule has 0 fully saturated rings. The van der Waals surface area contributed by atoms with Crippen molar-refractivity contribution >= 4 is 21.9 Å². The van der Waals surface area contributed by atoms with Gasteiger partial charge in [0.2, 0.25) is 5.89 Å². The van der Waals surface area contributed by atoms with E-state index in [2.05, 4.69) is 4.98 Å². The van der Waals surface area contributed by atoms with Crippen LogP contribution in [0.2, 0.25) is 0 Å². The maximum Gasteiger partial charge on any atom is 0.324 e. The van der Waals surface area contributed by atoms with E-state index in [-0.39, 0.29) is 5.69 Å².